The SMILES string of the molecule is O=C(c1ccn(-c2cccc(Cl)c2)n1)N1CCC(COc2ccccc2)CC1. The molecule has 0 atom stereocenters. The van der Waals surface area contributed by atoms with Crippen LogP contribution in [-0.2, 0) is 0 Å². The molecule has 3 aromatic rings. The maximum Gasteiger partial charge on any atom is 0.274 e. The van der Waals surface area contributed by atoms with Gasteiger partial charge in [0.05, 0.1) is 12.3 Å². The van der Waals surface area contributed by atoms with Gasteiger partial charge in [-0.15, -0.1) is 0 Å². The monoisotopic (exact) mass is 395 g/mol. The van der Waals surface area contributed by atoms with Gasteiger partial charge in [-0.3, -0.25) is 4.79 Å². The second-order valence-electron chi connectivity index (χ2n) is 6.99. The van der Waals surface area contributed by atoms with Crippen LogP contribution in [-0.4, -0.2) is 40.3 Å². The van der Waals surface area contributed by atoms with Gasteiger partial charge in [-0.05, 0) is 55.2 Å². The van der Waals surface area contributed by atoms with Crippen molar-refractivity contribution in [1.82, 2.24) is 14.7 Å². The molecule has 2 heterocycles. The zero-order valence-corrected chi connectivity index (χ0v) is 16.3. The Kier molecular flexibility index (Phi) is 5.63. The highest BCUT2D eigenvalue weighted by Crippen LogP contribution is 2.21. The second-order valence-corrected chi connectivity index (χ2v) is 7.42. The summed E-state index contributed by atoms with van der Waals surface area (Å²) in [6.45, 7) is 2.15. The molecular weight excluding hydrogens is 374 g/mol. The summed E-state index contributed by atoms with van der Waals surface area (Å²) < 4.78 is 7.54. The number of rotatable bonds is 5. The van der Waals surface area contributed by atoms with Crippen molar-refractivity contribution >= 4 is 17.5 Å². The van der Waals surface area contributed by atoms with E-state index in [-0.39, 0.29) is 5.91 Å². The van der Waals surface area contributed by atoms with Crippen LogP contribution in [0.5, 0.6) is 5.75 Å². The van der Waals surface area contributed by atoms with E-state index in [4.69, 9.17) is 16.3 Å². The van der Waals surface area contributed by atoms with Crippen LogP contribution in [0.3, 0.4) is 0 Å². The Labute approximate surface area is 169 Å². The maximum atomic E-state index is 12.8. The normalized spacial score (nSPS) is 14.8. The number of halogens is 1. The lowest BCUT2D eigenvalue weighted by molar-refractivity contribution is 0.0655. The first-order valence-electron chi connectivity index (χ1n) is 9.48. The number of para-hydroxylation sites is 1. The first kappa shape index (κ1) is 18.6. The van der Waals surface area contributed by atoms with Crippen LogP contribution < -0.4 is 4.74 Å². The molecule has 0 radical (unpaired) electrons. The second kappa shape index (κ2) is 8.48. The molecule has 28 heavy (non-hydrogen) atoms. The lowest BCUT2D eigenvalue weighted by atomic mass is 9.97. The number of amides is 1. The fourth-order valence-corrected chi connectivity index (χ4v) is 3.58. The summed E-state index contributed by atoms with van der Waals surface area (Å²) in [5.41, 5.74) is 1.29. The van der Waals surface area contributed by atoms with Crippen LogP contribution in [0.1, 0.15) is 23.3 Å². The highest BCUT2D eigenvalue weighted by molar-refractivity contribution is 6.30. The predicted octanol–water partition coefficient (Wildman–Crippen LogP) is 4.46. The zero-order valence-electron chi connectivity index (χ0n) is 15.5. The quantitative estimate of drug-likeness (QED) is 0.641. The van der Waals surface area contributed by atoms with Crippen molar-refractivity contribution in [2.24, 2.45) is 5.92 Å². The minimum atomic E-state index is -0.0248. The molecule has 4 rings (SSSR count). The summed E-state index contributed by atoms with van der Waals surface area (Å²) in [7, 11) is 0. The van der Waals surface area contributed by atoms with Gasteiger partial charge in [0.2, 0.25) is 0 Å². The highest BCUT2D eigenvalue weighted by atomic mass is 35.5. The average molecular weight is 396 g/mol. The molecule has 2 aromatic carbocycles. The molecule has 1 aliphatic heterocycles. The topological polar surface area (TPSA) is 47.4 Å². The molecule has 0 bridgehead atoms. The van der Waals surface area contributed by atoms with Crippen molar-refractivity contribution in [3.8, 4) is 11.4 Å². The van der Waals surface area contributed by atoms with E-state index in [0.717, 1.165) is 37.4 Å². The molecule has 0 spiro atoms. The van der Waals surface area contributed by atoms with E-state index in [1.54, 1.807) is 16.9 Å². The van der Waals surface area contributed by atoms with E-state index in [9.17, 15) is 4.79 Å². The van der Waals surface area contributed by atoms with Gasteiger partial charge in [0.1, 0.15) is 5.75 Å². The van der Waals surface area contributed by atoms with E-state index < -0.39 is 0 Å². The van der Waals surface area contributed by atoms with Crippen LogP contribution in [0.4, 0.5) is 0 Å². The number of carbonyl (C=O) groups excluding carboxylic acids is 1. The Bertz CT molecular complexity index is 934. The predicted molar refractivity (Wildman–Crippen MR) is 109 cm³/mol. The first-order valence-corrected chi connectivity index (χ1v) is 9.85. The van der Waals surface area contributed by atoms with E-state index in [1.165, 1.54) is 0 Å². The smallest absolute Gasteiger partial charge is 0.274 e. The molecule has 1 aromatic heterocycles. The highest BCUT2D eigenvalue weighted by Gasteiger charge is 2.25. The molecule has 6 heteroatoms. The van der Waals surface area contributed by atoms with Crippen molar-refractivity contribution in [3.05, 3.63) is 77.6 Å². The standard InChI is InChI=1S/C22H22ClN3O2/c23-18-5-4-6-19(15-18)26-14-11-21(24-26)22(27)25-12-9-17(10-13-25)16-28-20-7-2-1-3-8-20/h1-8,11,14-15,17H,9-10,12-13,16H2. The molecular formula is C22H22ClN3O2. The number of hydrogen-bond donors (Lipinski definition) is 0. The third kappa shape index (κ3) is 4.37. The molecule has 0 saturated carbocycles. The Morgan fingerprint density at radius 2 is 1.86 bits per heavy atom. The fourth-order valence-electron chi connectivity index (χ4n) is 3.40. The minimum Gasteiger partial charge on any atom is -0.493 e. The third-order valence-electron chi connectivity index (χ3n) is 5.01. The van der Waals surface area contributed by atoms with Crippen LogP contribution in [0.2, 0.25) is 5.02 Å². The lowest BCUT2D eigenvalue weighted by Crippen LogP contribution is -2.39. The van der Waals surface area contributed by atoms with E-state index in [2.05, 4.69) is 5.10 Å². The van der Waals surface area contributed by atoms with Gasteiger partial charge in [0, 0.05) is 24.3 Å². The summed E-state index contributed by atoms with van der Waals surface area (Å²) in [5, 5.41) is 5.07. The van der Waals surface area contributed by atoms with Crippen molar-refractivity contribution in [2.45, 2.75) is 12.8 Å². The number of aromatic nitrogens is 2. The average Bonchev–Trinajstić information content (AvgIpc) is 3.23. The Hall–Kier alpha value is -2.79. The van der Waals surface area contributed by atoms with Gasteiger partial charge in [-0.2, -0.15) is 5.10 Å². The van der Waals surface area contributed by atoms with Gasteiger partial charge in [-0.25, -0.2) is 4.68 Å². The van der Waals surface area contributed by atoms with E-state index in [1.807, 2.05) is 59.5 Å². The van der Waals surface area contributed by atoms with Crippen molar-refractivity contribution in [3.63, 3.8) is 0 Å². The van der Waals surface area contributed by atoms with E-state index >= 15 is 0 Å². The summed E-state index contributed by atoms with van der Waals surface area (Å²) in [5.74, 6) is 1.34. The molecule has 5 nitrogen and oxygen atoms in total. The first-order chi connectivity index (χ1) is 13.7. The largest absolute Gasteiger partial charge is 0.493 e. The van der Waals surface area contributed by atoms with Crippen molar-refractivity contribution in [1.29, 1.82) is 0 Å². The Morgan fingerprint density at radius 3 is 2.61 bits per heavy atom. The van der Waals surface area contributed by atoms with Gasteiger partial charge in [-0.1, -0.05) is 35.9 Å². The van der Waals surface area contributed by atoms with Gasteiger partial charge in [0.15, 0.2) is 5.69 Å². The number of ether oxygens (including phenoxy) is 1. The number of nitrogens with zero attached hydrogens (tertiary/aromatic N) is 3. The van der Waals surface area contributed by atoms with Gasteiger partial charge >= 0.3 is 0 Å². The number of hydrogen-bond acceptors (Lipinski definition) is 3. The molecule has 1 fully saturated rings. The maximum absolute atomic E-state index is 12.8. The molecule has 1 saturated heterocycles. The van der Waals surface area contributed by atoms with Crippen molar-refractivity contribution in [2.75, 3.05) is 19.7 Å². The Morgan fingerprint density at radius 1 is 1.07 bits per heavy atom. The number of likely N-dealkylation sites (tertiary alicyclic amines) is 1. The van der Waals surface area contributed by atoms with Crippen LogP contribution in [0.25, 0.3) is 5.69 Å². The number of carbonyl (C=O) groups is 1. The van der Waals surface area contributed by atoms with Crippen LogP contribution in [0.15, 0.2) is 66.9 Å². The lowest BCUT2D eigenvalue weighted by Gasteiger charge is -2.31. The number of benzene rings is 2. The van der Waals surface area contributed by atoms with E-state index in [0.29, 0.717) is 23.2 Å². The molecule has 1 aliphatic rings. The number of piperidine rings is 1. The minimum absolute atomic E-state index is 0.0248. The molecule has 0 unspecified atom stereocenters. The summed E-state index contributed by atoms with van der Waals surface area (Å²) in [4.78, 5) is 14.7. The van der Waals surface area contributed by atoms with Crippen LogP contribution in [0, 0.1) is 5.92 Å². The van der Waals surface area contributed by atoms with Crippen molar-refractivity contribution < 1.29 is 9.53 Å². The summed E-state index contributed by atoms with van der Waals surface area (Å²) >= 11 is 6.04. The van der Waals surface area contributed by atoms with Crippen LogP contribution >= 0.6 is 11.6 Å². The van der Waals surface area contributed by atoms with Gasteiger partial charge in [0.25, 0.3) is 5.91 Å². The zero-order chi connectivity index (χ0) is 19.3. The third-order valence-corrected chi connectivity index (χ3v) is 5.25. The van der Waals surface area contributed by atoms with Gasteiger partial charge < -0.3 is 9.64 Å². The molecule has 144 valence electrons. The summed E-state index contributed by atoms with van der Waals surface area (Å²) in [6, 6.07) is 19.0. The molecule has 1 amide bonds. The fraction of sp³-hybridized carbons (Fsp3) is 0.273. The molecule has 0 N–H and O–H groups in total. The Balaban J connectivity index is 1.32. The summed E-state index contributed by atoms with van der Waals surface area (Å²) in [6.07, 6.45) is 3.67. The molecule has 0 aliphatic carbocycles.